The zero-order valence-electron chi connectivity index (χ0n) is 10.8. The van der Waals surface area contributed by atoms with E-state index in [-0.39, 0.29) is 11.4 Å². The second-order valence-electron chi connectivity index (χ2n) is 4.53. The normalized spacial score (nSPS) is 17.2. The van der Waals surface area contributed by atoms with Crippen LogP contribution in [0.15, 0.2) is 18.3 Å². The molecule has 1 aliphatic rings. The highest BCUT2D eigenvalue weighted by Gasteiger charge is 2.35. The molecule has 2 heterocycles. The lowest BCUT2D eigenvalue weighted by atomic mass is 9.98. The van der Waals surface area contributed by atoms with Crippen LogP contribution >= 0.6 is 0 Å². The third-order valence-corrected chi connectivity index (χ3v) is 3.08. The summed E-state index contributed by atoms with van der Waals surface area (Å²) in [7, 11) is 3.19. The minimum absolute atomic E-state index is 0.0270. The smallest absolute Gasteiger partial charge is 0.417 e. The number of halogens is 3. The van der Waals surface area contributed by atoms with Crippen molar-refractivity contribution in [1.82, 2.24) is 9.88 Å². The molecule has 3 nitrogen and oxygen atoms in total. The Bertz CT molecular complexity index is 497. The van der Waals surface area contributed by atoms with Crippen molar-refractivity contribution in [3.05, 3.63) is 29.5 Å². The number of ether oxygens (including phenoxy) is 1. The summed E-state index contributed by atoms with van der Waals surface area (Å²) in [6.07, 6.45) is -0.580. The van der Waals surface area contributed by atoms with Crippen molar-refractivity contribution < 1.29 is 17.9 Å². The predicted molar refractivity (Wildman–Crippen MR) is 65.9 cm³/mol. The first-order chi connectivity index (χ1) is 8.91. The van der Waals surface area contributed by atoms with Crippen LogP contribution in [-0.4, -0.2) is 37.1 Å². The zero-order valence-corrected chi connectivity index (χ0v) is 10.8. The van der Waals surface area contributed by atoms with Crippen molar-refractivity contribution in [2.24, 2.45) is 0 Å². The van der Waals surface area contributed by atoms with Gasteiger partial charge in [0.25, 0.3) is 0 Å². The van der Waals surface area contributed by atoms with Crippen LogP contribution in [-0.2, 0) is 6.18 Å². The van der Waals surface area contributed by atoms with Crippen molar-refractivity contribution in [2.45, 2.75) is 12.6 Å². The van der Waals surface area contributed by atoms with E-state index in [1.165, 1.54) is 13.3 Å². The van der Waals surface area contributed by atoms with Crippen molar-refractivity contribution in [2.75, 3.05) is 27.2 Å². The van der Waals surface area contributed by atoms with Gasteiger partial charge in [-0.05, 0) is 19.0 Å². The van der Waals surface area contributed by atoms with Gasteiger partial charge in [-0.25, -0.2) is 4.98 Å². The molecule has 1 aromatic heterocycles. The van der Waals surface area contributed by atoms with E-state index in [0.717, 1.165) is 19.0 Å². The van der Waals surface area contributed by atoms with Crippen LogP contribution in [0.5, 0.6) is 5.88 Å². The highest BCUT2D eigenvalue weighted by atomic mass is 19.4. The van der Waals surface area contributed by atoms with E-state index >= 15 is 0 Å². The molecule has 6 heteroatoms. The van der Waals surface area contributed by atoms with Gasteiger partial charge in [0.2, 0.25) is 5.88 Å². The van der Waals surface area contributed by atoms with Gasteiger partial charge in [-0.1, -0.05) is 6.08 Å². The SMILES string of the molecule is COc1cc(C(F)(F)F)c(C2=CCCN(C)C2)cn1. The summed E-state index contributed by atoms with van der Waals surface area (Å²) >= 11 is 0. The van der Waals surface area contributed by atoms with E-state index in [9.17, 15) is 13.2 Å². The van der Waals surface area contributed by atoms with E-state index in [4.69, 9.17) is 4.74 Å². The number of methoxy groups -OCH3 is 1. The molecule has 0 amide bonds. The topological polar surface area (TPSA) is 25.4 Å². The van der Waals surface area contributed by atoms with Crippen LogP contribution in [0.3, 0.4) is 0 Å². The molecule has 0 atom stereocenters. The molecule has 0 unspecified atom stereocenters. The van der Waals surface area contributed by atoms with Crippen LogP contribution in [0, 0.1) is 0 Å². The fraction of sp³-hybridized carbons (Fsp3) is 0.462. The van der Waals surface area contributed by atoms with E-state index < -0.39 is 11.7 Å². The summed E-state index contributed by atoms with van der Waals surface area (Å²) in [4.78, 5) is 5.88. The van der Waals surface area contributed by atoms with Gasteiger partial charge in [-0.15, -0.1) is 0 Å². The first-order valence-corrected chi connectivity index (χ1v) is 5.91. The third-order valence-electron chi connectivity index (χ3n) is 3.08. The molecule has 1 aromatic rings. The fourth-order valence-electron chi connectivity index (χ4n) is 2.13. The van der Waals surface area contributed by atoms with E-state index in [1.807, 2.05) is 18.0 Å². The minimum atomic E-state index is -4.41. The number of rotatable bonds is 2. The van der Waals surface area contributed by atoms with E-state index in [0.29, 0.717) is 12.1 Å². The number of hydrogen-bond acceptors (Lipinski definition) is 3. The molecule has 0 aliphatic carbocycles. The lowest BCUT2D eigenvalue weighted by molar-refractivity contribution is -0.138. The summed E-state index contributed by atoms with van der Waals surface area (Å²) in [5, 5.41) is 0. The molecule has 0 saturated carbocycles. The molecule has 0 radical (unpaired) electrons. The summed E-state index contributed by atoms with van der Waals surface area (Å²) in [6, 6.07) is 0.949. The van der Waals surface area contributed by atoms with Crippen LogP contribution in [0.25, 0.3) is 5.57 Å². The van der Waals surface area contributed by atoms with Gasteiger partial charge in [-0.3, -0.25) is 0 Å². The second-order valence-corrected chi connectivity index (χ2v) is 4.53. The third kappa shape index (κ3) is 3.07. The van der Waals surface area contributed by atoms with Gasteiger partial charge >= 0.3 is 6.18 Å². The number of aromatic nitrogens is 1. The van der Waals surface area contributed by atoms with Gasteiger partial charge < -0.3 is 9.64 Å². The number of alkyl halides is 3. The van der Waals surface area contributed by atoms with Gasteiger partial charge in [0.15, 0.2) is 0 Å². The van der Waals surface area contributed by atoms with Gasteiger partial charge in [0, 0.05) is 30.9 Å². The number of hydrogen-bond donors (Lipinski definition) is 0. The molecule has 0 saturated heterocycles. The average molecular weight is 272 g/mol. The van der Waals surface area contributed by atoms with Crippen LogP contribution in [0.2, 0.25) is 0 Å². The second kappa shape index (κ2) is 5.21. The molecule has 0 bridgehead atoms. The molecular weight excluding hydrogens is 257 g/mol. The van der Waals surface area contributed by atoms with Crippen LogP contribution < -0.4 is 4.74 Å². The maximum absolute atomic E-state index is 13.1. The van der Waals surface area contributed by atoms with Gasteiger partial charge in [0.05, 0.1) is 12.7 Å². The lowest BCUT2D eigenvalue weighted by Gasteiger charge is -2.24. The van der Waals surface area contributed by atoms with Crippen molar-refractivity contribution in [3.63, 3.8) is 0 Å². The van der Waals surface area contributed by atoms with Crippen molar-refractivity contribution in [1.29, 1.82) is 0 Å². The maximum atomic E-state index is 13.1. The fourth-order valence-corrected chi connectivity index (χ4v) is 2.13. The highest BCUT2D eigenvalue weighted by molar-refractivity contribution is 5.70. The first kappa shape index (κ1) is 13.9. The molecule has 0 aromatic carbocycles. The quantitative estimate of drug-likeness (QED) is 0.827. The molecule has 2 rings (SSSR count). The predicted octanol–water partition coefficient (Wildman–Crippen LogP) is 2.83. The molecular formula is C13H15F3N2O. The van der Waals surface area contributed by atoms with Crippen LogP contribution in [0.1, 0.15) is 17.5 Å². The Morgan fingerprint density at radius 2 is 2.11 bits per heavy atom. The monoisotopic (exact) mass is 272 g/mol. The van der Waals surface area contributed by atoms with E-state index in [1.54, 1.807) is 0 Å². The lowest BCUT2D eigenvalue weighted by Crippen LogP contribution is -2.26. The Morgan fingerprint density at radius 3 is 2.68 bits per heavy atom. The first-order valence-electron chi connectivity index (χ1n) is 5.91. The van der Waals surface area contributed by atoms with Crippen LogP contribution in [0.4, 0.5) is 13.2 Å². The Labute approximate surface area is 109 Å². The van der Waals surface area contributed by atoms with Gasteiger partial charge in [0.1, 0.15) is 0 Å². The Kier molecular flexibility index (Phi) is 3.80. The Hall–Kier alpha value is -1.56. The largest absolute Gasteiger partial charge is 0.481 e. The molecule has 1 aliphatic heterocycles. The summed E-state index contributed by atoms with van der Waals surface area (Å²) in [5.74, 6) is -0.0270. The number of pyridine rings is 1. The number of likely N-dealkylation sites (N-methyl/N-ethyl adjacent to an activating group) is 1. The molecule has 19 heavy (non-hydrogen) atoms. The van der Waals surface area contributed by atoms with E-state index in [2.05, 4.69) is 4.98 Å². The molecule has 0 fully saturated rings. The molecule has 0 spiro atoms. The molecule has 0 N–H and O–H groups in total. The summed E-state index contributed by atoms with van der Waals surface area (Å²) in [5.41, 5.74) is 0.108. The highest BCUT2D eigenvalue weighted by Crippen LogP contribution is 2.37. The average Bonchev–Trinajstić information content (AvgIpc) is 2.37. The Morgan fingerprint density at radius 1 is 1.37 bits per heavy atom. The van der Waals surface area contributed by atoms with Crippen molar-refractivity contribution in [3.8, 4) is 5.88 Å². The zero-order chi connectivity index (χ0) is 14.0. The van der Waals surface area contributed by atoms with Crippen molar-refractivity contribution >= 4 is 5.57 Å². The standard InChI is InChI=1S/C13H15F3N2O/c1-18-5-3-4-9(8-18)10-7-17-12(19-2)6-11(10)13(14,15)16/h4,6-7H,3,5,8H2,1-2H3. The number of nitrogens with zero attached hydrogens (tertiary/aromatic N) is 2. The summed E-state index contributed by atoms with van der Waals surface area (Å²) in [6.45, 7) is 1.35. The molecule has 104 valence electrons. The maximum Gasteiger partial charge on any atom is 0.417 e. The van der Waals surface area contributed by atoms with Gasteiger partial charge in [-0.2, -0.15) is 13.2 Å². The summed E-state index contributed by atoms with van der Waals surface area (Å²) < 4.78 is 44.1. The Balaban J connectivity index is 2.47. The minimum Gasteiger partial charge on any atom is -0.481 e.